The van der Waals surface area contributed by atoms with Crippen LogP contribution in [0.3, 0.4) is 0 Å². The van der Waals surface area contributed by atoms with E-state index in [4.69, 9.17) is 28.3 Å². The Morgan fingerprint density at radius 3 is 2.88 bits per heavy atom. The Kier molecular flexibility index (Phi) is 6.50. The summed E-state index contributed by atoms with van der Waals surface area (Å²) in [6, 6.07) is 4.99. The molecule has 10 nitrogen and oxygen atoms in total. The van der Waals surface area contributed by atoms with E-state index in [1.807, 2.05) is 0 Å². The van der Waals surface area contributed by atoms with Gasteiger partial charge in [-0.2, -0.15) is 9.61 Å². The van der Waals surface area contributed by atoms with Crippen molar-refractivity contribution in [3.8, 4) is 5.88 Å². The number of rotatable bonds is 7. The molecule has 3 aromatic heterocycles. The van der Waals surface area contributed by atoms with Crippen molar-refractivity contribution in [2.24, 2.45) is 0 Å². The van der Waals surface area contributed by atoms with E-state index in [2.05, 4.69) is 31.0 Å². The van der Waals surface area contributed by atoms with Crippen molar-refractivity contribution in [2.75, 3.05) is 17.7 Å². The van der Waals surface area contributed by atoms with E-state index < -0.39 is 11.4 Å². The molecule has 0 saturated heterocycles. The van der Waals surface area contributed by atoms with Crippen LogP contribution in [0.25, 0.3) is 5.65 Å². The van der Waals surface area contributed by atoms with Gasteiger partial charge in [-0.1, -0.05) is 0 Å². The topological polar surface area (TPSA) is 126 Å². The quantitative estimate of drug-likeness (QED) is 0.390. The van der Waals surface area contributed by atoms with Crippen molar-refractivity contribution in [1.29, 1.82) is 0 Å². The number of hydrogen-bond donors (Lipinski definition) is 4. The van der Waals surface area contributed by atoms with Gasteiger partial charge >= 0.3 is 0 Å². The van der Waals surface area contributed by atoms with E-state index in [0.717, 1.165) is 19.3 Å². The maximum atomic E-state index is 13.0. The number of aliphatic hydroxyl groups excluding tert-OH is 1. The van der Waals surface area contributed by atoms with Crippen LogP contribution in [-0.4, -0.2) is 78.6 Å². The number of pyridine rings is 1. The van der Waals surface area contributed by atoms with E-state index in [0.29, 0.717) is 35.0 Å². The predicted octanol–water partition coefficient (Wildman–Crippen LogP) is 0.438. The molecule has 0 unspecified atom stereocenters. The Morgan fingerprint density at radius 2 is 2.15 bits per heavy atom. The van der Waals surface area contributed by atoms with E-state index in [1.54, 1.807) is 25.2 Å². The van der Waals surface area contributed by atoms with Gasteiger partial charge in [0.25, 0.3) is 5.91 Å². The van der Waals surface area contributed by atoms with Gasteiger partial charge in [-0.15, -0.1) is 0 Å². The van der Waals surface area contributed by atoms with Gasteiger partial charge in [-0.25, -0.2) is 9.97 Å². The zero-order valence-electron chi connectivity index (χ0n) is 18.2. The standard InChI is InChI=1S/C20H22B3N7O3/c1-24-16-9-15(28-14-6-3-7-25-19(14)33-20(21,22)23)29-17-13(10-26-30(16)17)18(32)27-11-4-2-5-12(31)8-11/h3,6-7,9-12,24,31H,2,4-5,8H2,1H3,(H,27,32)(H,28,29)/t11-,12-/m1/s1. The molecule has 1 amide bonds. The highest BCUT2D eigenvalue weighted by molar-refractivity contribution is 6.58. The molecule has 13 heteroatoms. The molecule has 1 fully saturated rings. The fraction of sp³-hybridized carbons (Fsp3) is 0.400. The molecule has 33 heavy (non-hydrogen) atoms. The van der Waals surface area contributed by atoms with E-state index in [1.165, 1.54) is 16.9 Å². The normalized spacial score (nSPS) is 18.6. The molecule has 2 atom stereocenters. The number of carbonyl (C=O) groups is 1. The van der Waals surface area contributed by atoms with Crippen LogP contribution in [-0.2, 0) is 0 Å². The van der Waals surface area contributed by atoms with Crippen molar-refractivity contribution in [2.45, 2.75) is 43.1 Å². The molecule has 164 valence electrons. The second-order valence-electron chi connectivity index (χ2n) is 8.00. The van der Waals surface area contributed by atoms with Crippen molar-refractivity contribution in [3.63, 3.8) is 0 Å². The highest BCUT2D eigenvalue weighted by Gasteiger charge is 2.24. The molecule has 0 spiro atoms. The number of aliphatic hydroxyl groups is 1. The van der Waals surface area contributed by atoms with Gasteiger partial charge in [0.2, 0.25) is 5.88 Å². The maximum absolute atomic E-state index is 13.0. The first kappa shape index (κ1) is 23.0. The number of carbonyl (C=O) groups excluding carboxylic acids is 1. The number of nitrogens with zero attached hydrogens (tertiary/aromatic N) is 4. The van der Waals surface area contributed by atoms with Crippen LogP contribution in [0.2, 0.25) is 0 Å². The fourth-order valence-corrected chi connectivity index (χ4v) is 3.80. The monoisotopic (exact) mass is 441 g/mol. The van der Waals surface area contributed by atoms with E-state index >= 15 is 0 Å². The molecule has 4 rings (SSSR count). The number of amides is 1. The SMILES string of the molecule is [B]C([B])([B])Oc1ncccc1Nc1cc(NC)n2ncc(C(=O)N[C@@H]3CCC[C@@H](O)C3)c2n1. The lowest BCUT2D eigenvalue weighted by Crippen LogP contribution is -2.39. The largest absolute Gasteiger partial charge is 0.499 e. The van der Waals surface area contributed by atoms with Crippen molar-refractivity contribution in [3.05, 3.63) is 36.2 Å². The van der Waals surface area contributed by atoms with Gasteiger partial charge in [0.1, 0.15) is 46.4 Å². The first-order valence-electron chi connectivity index (χ1n) is 10.6. The number of nitrogens with one attached hydrogen (secondary N) is 3. The molecule has 0 aliphatic heterocycles. The summed E-state index contributed by atoms with van der Waals surface area (Å²) in [6.45, 7) is 0. The zero-order valence-corrected chi connectivity index (χ0v) is 18.2. The lowest BCUT2D eigenvalue weighted by molar-refractivity contribution is 0.0851. The Balaban J connectivity index is 1.64. The van der Waals surface area contributed by atoms with Crippen molar-refractivity contribution >= 4 is 52.4 Å². The molecule has 3 heterocycles. The summed E-state index contributed by atoms with van der Waals surface area (Å²) in [5.41, 5.74) is 1.07. The molecule has 6 radical (unpaired) electrons. The molecule has 1 aliphatic rings. The lowest BCUT2D eigenvalue weighted by Gasteiger charge is -2.26. The summed E-state index contributed by atoms with van der Waals surface area (Å²) < 4.78 is 6.83. The average Bonchev–Trinajstić information content (AvgIpc) is 3.18. The zero-order chi connectivity index (χ0) is 23.6. The molecule has 0 bridgehead atoms. The van der Waals surface area contributed by atoms with Gasteiger partial charge in [-0.3, -0.25) is 4.79 Å². The number of fused-ring (bicyclic) bond motifs is 1. The van der Waals surface area contributed by atoms with E-state index in [9.17, 15) is 9.90 Å². The summed E-state index contributed by atoms with van der Waals surface area (Å²) in [4.78, 5) is 21.6. The molecular weight excluding hydrogens is 419 g/mol. The molecule has 0 aromatic carbocycles. The highest BCUT2D eigenvalue weighted by Crippen LogP contribution is 2.28. The summed E-state index contributed by atoms with van der Waals surface area (Å²) >= 11 is 0. The minimum atomic E-state index is -1.91. The number of ether oxygens (including phenoxy) is 1. The fourth-order valence-electron chi connectivity index (χ4n) is 3.80. The molecule has 4 N–H and O–H groups in total. The van der Waals surface area contributed by atoms with Crippen LogP contribution in [0.1, 0.15) is 36.0 Å². The summed E-state index contributed by atoms with van der Waals surface area (Å²) in [6.07, 6.45) is 5.53. The average molecular weight is 441 g/mol. The molecule has 3 aromatic rings. The van der Waals surface area contributed by atoms with Crippen LogP contribution < -0.4 is 20.7 Å². The third-order valence-corrected chi connectivity index (χ3v) is 5.26. The minimum absolute atomic E-state index is 0.0833. The first-order chi connectivity index (χ1) is 15.7. The number of anilines is 3. The first-order valence-corrected chi connectivity index (χ1v) is 10.6. The number of aromatic nitrogens is 4. The van der Waals surface area contributed by atoms with Crippen LogP contribution >= 0.6 is 0 Å². The Morgan fingerprint density at radius 1 is 1.33 bits per heavy atom. The second-order valence-corrected chi connectivity index (χ2v) is 8.00. The third-order valence-electron chi connectivity index (χ3n) is 5.26. The molecule has 1 aliphatic carbocycles. The van der Waals surface area contributed by atoms with Crippen molar-refractivity contribution in [1.82, 2.24) is 24.9 Å². The highest BCUT2D eigenvalue weighted by atomic mass is 16.5. The third kappa shape index (κ3) is 5.41. The Hall–Kier alpha value is -3.21. The number of hydrogen-bond acceptors (Lipinski definition) is 8. The summed E-state index contributed by atoms with van der Waals surface area (Å²) in [7, 11) is 18.4. The van der Waals surface area contributed by atoms with E-state index in [-0.39, 0.29) is 17.8 Å². The maximum Gasteiger partial charge on any atom is 0.256 e. The van der Waals surface area contributed by atoms with Gasteiger partial charge in [-0.05, 0) is 43.1 Å². The van der Waals surface area contributed by atoms with Crippen molar-refractivity contribution < 1.29 is 14.6 Å². The smallest absolute Gasteiger partial charge is 0.256 e. The minimum Gasteiger partial charge on any atom is -0.499 e. The Bertz CT molecular complexity index is 1150. The van der Waals surface area contributed by atoms with Crippen LogP contribution in [0.15, 0.2) is 30.6 Å². The van der Waals surface area contributed by atoms with Gasteiger partial charge in [0, 0.05) is 25.4 Å². The second kappa shape index (κ2) is 9.34. The predicted molar refractivity (Wildman–Crippen MR) is 126 cm³/mol. The Labute approximate surface area is 195 Å². The molecule has 1 saturated carbocycles. The van der Waals surface area contributed by atoms with Crippen LogP contribution in [0, 0.1) is 0 Å². The van der Waals surface area contributed by atoms with Gasteiger partial charge in [0.05, 0.1) is 12.3 Å². The lowest BCUT2D eigenvalue weighted by atomic mass is 9.52. The summed E-state index contributed by atoms with van der Waals surface area (Å²) in [5.74, 6) is 0.760. The van der Waals surface area contributed by atoms with Gasteiger partial charge < -0.3 is 25.8 Å². The molecular formula is C20H22B3N7O3. The van der Waals surface area contributed by atoms with Crippen LogP contribution in [0.5, 0.6) is 5.88 Å². The van der Waals surface area contributed by atoms with Crippen LogP contribution in [0.4, 0.5) is 17.3 Å². The summed E-state index contributed by atoms with van der Waals surface area (Å²) in [5, 5.41) is 21.4. The van der Waals surface area contributed by atoms with Gasteiger partial charge in [0.15, 0.2) is 5.65 Å².